The van der Waals surface area contributed by atoms with Crippen molar-refractivity contribution in [2.75, 3.05) is 19.6 Å². The first-order valence-electron chi connectivity index (χ1n) is 6.64. The zero-order valence-corrected chi connectivity index (χ0v) is 11.2. The van der Waals surface area contributed by atoms with Gasteiger partial charge in [-0.15, -0.1) is 0 Å². The van der Waals surface area contributed by atoms with Crippen molar-refractivity contribution >= 4 is 0 Å². The SMILES string of the molecule is CC(C)=CCN1CC(C)NCC1(C)C1CC1. The van der Waals surface area contributed by atoms with Gasteiger partial charge in [-0.3, -0.25) is 4.90 Å². The molecule has 0 spiro atoms. The molecule has 1 saturated heterocycles. The lowest BCUT2D eigenvalue weighted by molar-refractivity contribution is 0.0494. The summed E-state index contributed by atoms with van der Waals surface area (Å²) in [6, 6.07) is 0.636. The fourth-order valence-corrected chi connectivity index (χ4v) is 2.78. The molecular formula is C14H26N2. The molecule has 2 fully saturated rings. The van der Waals surface area contributed by atoms with Crippen LogP contribution in [0.25, 0.3) is 0 Å². The first-order valence-corrected chi connectivity index (χ1v) is 6.64. The van der Waals surface area contributed by atoms with Crippen molar-refractivity contribution in [3.05, 3.63) is 11.6 Å². The Bertz CT molecular complexity index is 276. The third-order valence-electron chi connectivity index (χ3n) is 4.20. The van der Waals surface area contributed by atoms with Crippen LogP contribution in [-0.2, 0) is 0 Å². The first-order chi connectivity index (χ1) is 7.52. The molecule has 1 aliphatic heterocycles. The molecule has 92 valence electrons. The van der Waals surface area contributed by atoms with E-state index in [1.165, 1.54) is 25.0 Å². The number of nitrogens with one attached hydrogen (secondary N) is 1. The van der Waals surface area contributed by atoms with Crippen molar-refractivity contribution in [1.82, 2.24) is 10.2 Å². The summed E-state index contributed by atoms with van der Waals surface area (Å²) in [5, 5.41) is 3.65. The summed E-state index contributed by atoms with van der Waals surface area (Å²) < 4.78 is 0. The Hall–Kier alpha value is -0.340. The van der Waals surface area contributed by atoms with Crippen molar-refractivity contribution in [1.29, 1.82) is 0 Å². The highest BCUT2D eigenvalue weighted by Gasteiger charge is 2.47. The Kier molecular flexibility index (Phi) is 3.41. The summed E-state index contributed by atoms with van der Waals surface area (Å²) >= 11 is 0. The van der Waals surface area contributed by atoms with E-state index in [2.05, 4.69) is 44.0 Å². The van der Waals surface area contributed by atoms with Crippen LogP contribution in [-0.4, -0.2) is 36.1 Å². The topological polar surface area (TPSA) is 15.3 Å². The van der Waals surface area contributed by atoms with E-state index in [9.17, 15) is 0 Å². The molecular weight excluding hydrogens is 196 g/mol. The molecule has 1 saturated carbocycles. The van der Waals surface area contributed by atoms with Crippen LogP contribution in [0.1, 0.15) is 40.5 Å². The maximum atomic E-state index is 3.65. The van der Waals surface area contributed by atoms with Crippen LogP contribution in [0.2, 0.25) is 0 Å². The molecule has 1 aliphatic carbocycles. The summed E-state index contributed by atoms with van der Waals surface area (Å²) in [5.41, 5.74) is 1.84. The number of rotatable bonds is 3. The Morgan fingerprint density at radius 3 is 2.69 bits per heavy atom. The molecule has 1 N–H and O–H groups in total. The second kappa shape index (κ2) is 4.50. The number of piperazine rings is 1. The standard InChI is InChI=1S/C14H26N2/c1-11(2)7-8-16-9-12(3)15-10-14(16,4)13-5-6-13/h7,12-13,15H,5-6,8-10H2,1-4H3. The van der Waals surface area contributed by atoms with Crippen molar-refractivity contribution in [3.63, 3.8) is 0 Å². The molecule has 16 heavy (non-hydrogen) atoms. The lowest BCUT2D eigenvalue weighted by atomic mass is 9.89. The summed E-state index contributed by atoms with van der Waals surface area (Å²) in [7, 11) is 0. The van der Waals surface area contributed by atoms with Crippen LogP contribution in [0.4, 0.5) is 0 Å². The molecule has 2 nitrogen and oxygen atoms in total. The van der Waals surface area contributed by atoms with Gasteiger partial charge in [0.15, 0.2) is 0 Å². The van der Waals surface area contributed by atoms with E-state index in [4.69, 9.17) is 0 Å². The summed E-state index contributed by atoms with van der Waals surface area (Å²) in [6.45, 7) is 12.6. The third kappa shape index (κ3) is 2.49. The molecule has 0 aromatic rings. The second-order valence-corrected chi connectivity index (χ2v) is 6.10. The number of hydrogen-bond acceptors (Lipinski definition) is 2. The van der Waals surface area contributed by atoms with Gasteiger partial charge in [-0.1, -0.05) is 11.6 Å². The Morgan fingerprint density at radius 1 is 1.44 bits per heavy atom. The third-order valence-corrected chi connectivity index (χ3v) is 4.20. The molecule has 2 atom stereocenters. The van der Waals surface area contributed by atoms with Gasteiger partial charge in [0.05, 0.1) is 0 Å². The average Bonchev–Trinajstić information content (AvgIpc) is 3.03. The van der Waals surface area contributed by atoms with Crippen LogP contribution >= 0.6 is 0 Å². The molecule has 1 heterocycles. The number of allylic oxidation sites excluding steroid dienone is 1. The highest BCUT2D eigenvalue weighted by atomic mass is 15.3. The van der Waals surface area contributed by atoms with Crippen LogP contribution in [0.5, 0.6) is 0 Å². The van der Waals surface area contributed by atoms with Gasteiger partial charge in [0.2, 0.25) is 0 Å². The van der Waals surface area contributed by atoms with E-state index in [0.717, 1.165) is 19.0 Å². The highest BCUT2D eigenvalue weighted by molar-refractivity contribution is 5.07. The average molecular weight is 222 g/mol. The van der Waals surface area contributed by atoms with E-state index >= 15 is 0 Å². The zero-order chi connectivity index (χ0) is 11.8. The van der Waals surface area contributed by atoms with Gasteiger partial charge in [0, 0.05) is 31.2 Å². The van der Waals surface area contributed by atoms with Crippen molar-refractivity contribution in [2.45, 2.75) is 52.1 Å². The van der Waals surface area contributed by atoms with Gasteiger partial charge >= 0.3 is 0 Å². The minimum Gasteiger partial charge on any atom is -0.311 e. The minimum atomic E-state index is 0.401. The predicted octanol–water partition coefficient (Wildman–Crippen LogP) is 2.42. The van der Waals surface area contributed by atoms with Crippen LogP contribution in [0, 0.1) is 5.92 Å². The number of hydrogen-bond donors (Lipinski definition) is 1. The van der Waals surface area contributed by atoms with Gasteiger partial charge in [0.1, 0.15) is 0 Å². The van der Waals surface area contributed by atoms with E-state index in [1.54, 1.807) is 0 Å². The van der Waals surface area contributed by atoms with Crippen molar-refractivity contribution < 1.29 is 0 Å². The quantitative estimate of drug-likeness (QED) is 0.738. The summed E-state index contributed by atoms with van der Waals surface area (Å²) in [5.74, 6) is 0.929. The molecule has 2 aliphatic rings. The number of nitrogens with zero attached hydrogens (tertiary/aromatic N) is 1. The largest absolute Gasteiger partial charge is 0.311 e. The van der Waals surface area contributed by atoms with Crippen molar-refractivity contribution in [2.24, 2.45) is 5.92 Å². The van der Waals surface area contributed by atoms with Gasteiger partial charge in [-0.05, 0) is 46.5 Å². The minimum absolute atomic E-state index is 0.401. The normalized spacial score (nSPS) is 36.1. The van der Waals surface area contributed by atoms with Crippen molar-refractivity contribution in [3.8, 4) is 0 Å². The fourth-order valence-electron chi connectivity index (χ4n) is 2.78. The molecule has 0 radical (unpaired) electrons. The van der Waals surface area contributed by atoms with Crippen LogP contribution in [0.15, 0.2) is 11.6 Å². The maximum Gasteiger partial charge on any atom is 0.0337 e. The highest BCUT2D eigenvalue weighted by Crippen LogP contribution is 2.43. The molecule has 0 bridgehead atoms. The Morgan fingerprint density at radius 2 is 2.12 bits per heavy atom. The van der Waals surface area contributed by atoms with Gasteiger partial charge < -0.3 is 5.32 Å². The Labute approximate surface area is 100 Å². The summed E-state index contributed by atoms with van der Waals surface area (Å²) in [4.78, 5) is 2.69. The van der Waals surface area contributed by atoms with Gasteiger partial charge in [-0.25, -0.2) is 0 Å². The monoisotopic (exact) mass is 222 g/mol. The molecule has 2 unspecified atom stereocenters. The fraction of sp³-hybridized carbons (Fsp3) is 0.857. The van der Waals surface area contributed by atoms with E-state index in [-0.39, 0.29) is 0 Å². The van der Waals surface area contributed by atoms with Gasteiger partial charge in [-0.2, -0.15) is 0 Å². The van der Waals surface area contributed by atoms with E-state index in [0.29, 0.717) is 11.6 Å². The molecule has 0 aromatic heterocycles. The lowest BCUT2D eigenvalue weighted by Gasteiger charge is -2.48. The van der Waals surface area contributed by atoms with Crippen LogP contribution in [0.3, 0.4) is 0 Å². The molecule has 0 amide bonds. The Balaban J connectivity index is 2.06. The smallest absolute Gasteiger partial charge is 0.0337 e. The maximum absolute atomic E-state index is 3.65. The predicted molar refractivity (Wildman–Crippen MR) is 69.6 cm³/mol. The second-order valence-electron chi connectivity index (χ2n) is 6.10. The molecule has 2 rings (SSSR count). The van der Waals surface area contributed by atoms with E-state index < -0.39 is 0 Å². The van der Waals surface area contributed by atoms with Crippen LogP contribution < -0.4 is 5.32 Å². The summed E-state index contributed by atoms with van der Waals surface area (Å²) in [6.07, 6.45) is 5.23. The van der Waals surface area contributed by atoms with E-state index in [1.807, 2.05) is 0 Å². The van der Waals surface area contributed by atoms with Gasteiger partial charge in [0.25, 0.3) is 0 Å². The lowest BCUT2D eigenvalue weighted by Crippen LogP contribution is -2.63. The molecule has 0 aromatic carbocycles. The zero-order valence-electron chi connectivity index (χ0n) is 11.2. The molecule has 2 heteroatoms. The first kappa shape index (κ1) is 12.1.